The second kappa shape index (κ2) is 16.6. The van der Waals surface area contributed by atoms with Crippen LogP contribution in [0.15, 0.2) is 70.4 Å². The van der Waals surface area contributed by atoms with E-state index in [-0.39, 0.29) is 22.9 Å². The normalized spacial score (nSPS) is 11.7. The van der Waals surface area contributed by atoms with E-state index in [1.807, 2.05) is 57.5 Å². The summed E-state index contributed by atoms with van der Waals surface area (Å²) < 4.78 is 18.6. The largest absolute Gasteiger partial charge is 0.461 e. The molecule has 4 rings (SSSR count). The Hall–Kier alpha value is -3.27. The van der Waals surface area contributed by atoms with Gasteiger partial charge in [0, 0.05) is 23.5 Å². The average molecular weight is 532 g/mol. The van der Waals surface area contributed by atoms with Gasteiger partial charge in [0.25, 0.3) is 0 Å². The molecule has 1 heterocycles. The van der Waals surface area contributed by atoms with E-state index >= 15 is 0 Å². The Labute approximate surface area is 233 Å². The van der Waals surface area contributed by atoms with Crippen LogP contribution in [0.3, 0.4) is 0 Å². The highest BCUT2D eigenvalue weighted by Gasteiger charge is 2.18. The number of Topliss-reactive ketones (excluding diaryl/α,β-unsaturated/α-hetero) is 1. The van der Waals surface area contributed by atoms with Gasteiger partial charge < -0.3 is 4.42 Å². The maximum absolute atomic E-state index is 12.7. The van der Waals surface area contributed by atoms with E-state index in [0.717, 1.165) is 68.3 Å². The van der Waals surface area contributed by atoms with E-state index in [4.69, 9.17) is 4.42 Å². The molecule has 1 aliphatic rings. The van der Waals surface area contributed by atoms with Gasteiger partial charge in [0.2, 0.25) is 0 Å². The van der Waals surface area contributed by atoms with Gasteiger partial charge in [-0.15, -0.1) is 6.58 Å². The van der Waals surface area contributed by atoms with Gasteiger partial charge in [-0.05, 0) is 93.0 Å². The van der Waals surface area contributed by atoms with Crippen LogP contribution in [0.2, 0.25) is 0 Å². The molecule has 0 bridgehead atoms. The molecule has 0 spiro atoms. The van der Waals surface area contributed by atoms with Crippen molar-refractivity contribution in [2.24, 2.45) is 5.92 Å². The molecule has 39 heavy (non-hydrogen) atoms. The van der Waals surface area contributed by atoms with Crippen LogP contribution in [-0.4, -0.2) is 5.78 Å². The molecule has 0 saturated carbocycles. The lowest BCUT2D eigenvalue weighted by molar-refractivity contribution is 0.0905. The number of hydrogen-bond acceptors (Lipinski definition) is 3. The quantitative estimate of drug-likeness (QED) is 0.133. The summed E-state index contributed by atoms with van der Waals surface area (Å²) in [7, 11) is 0. The van der Waals surface area contributed by atoms with E-state index in [2.05, 4.69) is 20.4 Å². The van der Waals surface area contributed by atoms with Crippen LogP contribution in [0.25, 0.3) is 16.5 Å². The van der Waals surface area contributed by atoms with Crippen LogP contribution in [0, 0.1) is 25.1 Å². The van der Waals surface area contributed by atoms with Gasteiger partial charge in [0.1, 0.15) is 17.2 Å². The first-order valence-electron chi connectivity index (χ1n) is 14.4. The molecule has 3 aromatic rings. The topological polar surface area (TPSA) is 47.3 Å². The van der Waals surface area contributed by atoms with Crippen LogP contribution in [0.4, 0.5) is 4.39 Å². The van der Waals surface area contributed by atoms with Gasteiger partial charge >= 0.3 is 0 Å². The van der Waals surface area contributed by atoms with Crippen molar-refractivity contribution in [3.8, 4) is 0 Å². The van der Waals surface area contributed by atoms with Gasteiger partial charge in [0.05, 0.1) is 5.39 Å². The summed E-state index contributed by atoms with van der Waals surface area (Å²) in [6, 6.07) is 11.7. The van der Waals surface area contributed by atoms with Gasteiger partial charge in [0.15, 0.2) is 11.2 Å². The zero-order chi connectivity index (χ0) is 28.8. The number of halogens is 1. The third-order valence-electron chi connectivity index (χ3n) is 6.71. The third-order valence-corrected chi connectivity index (χ3v) is 6.71. The summed E-state index contributed by atoms with van der Waals surface area (Å²) in [5.74, 6) is 0.708. The number of aryl methyl sites for hydroxylation is 1. The zero-order valence-corrected chi connectivity index (χ0v) is 24.3. The Morgan fingerprint density at radius 3 is 2.23 bits per heavy atom. The highest BCUT2D eigenvalue weighted by atomic mass is 19.1. The van der Waals surface area contributed by atoms with E-state index in [1.165, 1.54) is 17.7 Å². The highest BCUT2D eigenvalue weighted by Crippen LogP contribution is 2.31. The number of ketones is 1. The molecular formula is C35H44FO3. The summed E-state index contributed by atoms with van der Waals surface area (Å²) in [6.07, 6.45) is 13.7. The van der Waals surface area contributed by atoms with Gasteiger partial charge in [-0.25, -0.2) is 4.39 Å². The number of benzene rings is 2. The van der Waals surface area contributed by atoms with E-state index in [9.17, 15) is 14.0 Å². The Morgan fingerprint density at radius 2 is 1.67 bits per heavy atom. The molecule has 1 radical (unpaired) electrons. The average Bonchev–Trinajstić information content (AvgIpc) is 3.80. The first-order valence-corrected chi connectivity index (χ1v) is 14.4. The zero-order valence-electron chi connectivity index (χ0n) is 24.3. The van der Waals surface area contributed by atoms with Crippen molar-refractivity contribution in [3.63, 3.8) is 0 Å². The molecule has 209 valence electrons. The van der Waals surface area contributed by atoms with E-state index in [1.54, 1.807) is 12.1 Å². The number of hydrogen-bond donors (Lipinski definition) is 0. The lowest BCUT2D eigenvalue weighted by Crippen LogP contribution is -2.14. The van der Waals surface area contributed by atoms with Gasteiger partial charge in [-0.3, -0.25) is 9.59 Å². The molecule has 0 saturated heterocycles. The van der Waals surface area contributed by atoms with Crippen LogP contribution < -0.4 is 5.43 Å². The minimum Gasteiger partial charge on any atom is -0.461 e. The first kappa shape index (κ1) is 31.9. The summed E-state index contributed by atoms with van der Waals surface area (Å²) in [5, 5.41) is 0.693. The van der Waals surface area contributed by atoms with Crippen molar-refractivity contribution in [2.75, 3.05) is 0 Å². The summed E-state index contributed by atoms with van der Waals surface area (Å²) in [4.78, 5) is 24.8. The second-order valence-corrected chi connectivity index (χ2v) is 9.65. The molecule has 0 atom stereocenters. The molecule has 4 heteroatoms. The van der Waals surface area contributed by atoms with Crippen molar-refractivity contribution >= 4 is 22.3 Å². The van der Waals surface area contributed by atoms with Crippen LogP contribution in [-0.2, 0) is 6.42 Å². The Kier molecular flexibility index (Phi) is 13.6. The summed E-state index contributed by atoms with van der Waals surface area (Å²) in [6.45, 7) is 13.8. The molecule has 2 aromatic carbocycles. The molecule has 0 amide bonds. The fourth-order valence-electron chi connectivity index (χ4n) is 4.59. The van der Waals surface area contributed by atoms with Gasteiger partial charge in [-0.1, -0.05) is 58.8 Å². The second-order valence-electron chi connectivity index (χ2n) is 9.65. The number of carbonyl (C=O) groups is 1. The van der Waals surface area contributed by atoms with Crippen LogP contribution >= 0.6 is 0 Å². The molecular weight excluding hydrogens is 487 g/mol. The summed E-state index contributed by atoms with van der Waals surface area (Å²) in [5.41, 5.74) is 4.54. The molecule has 0 fully saturated rings. The Balaban J connectivity index is 0.000000267. The number of carbonyl (C=O) groups excluding carboxylic acids is 1. The number of fused-ring (bicyclic) bond motifs is 1. The standard InChI is InChI=1S/C19H19O2.C14H19FO.C2H6/c1-3-4-5-6-7-16-13(2)21-18-11-10-15(14-8-9-14)12-17(18)19(16)20;1-3-5-11(6-4-2)14(16)12-7-9-13(15)10-8-12;1-2/h3,8-12H,1,4-7H2,2H3;7-11H,3-6H2,1-2H3;1-2H3. The minimum atomic E-state index is -0.293. The molecule has 0 aliphatic heterocycles. The third kappa shape index (κ3) is 9.45. The van der Waals surface area contributed by atoms with Crippen LogP contribution in [0.1, 0.15) is 99.9 Å². The van der Waals surface area contributed by atoms with Crippen molar-refractivity contribution in [2.45, 2.75) is 86.0 Å². The maximum Gasteiger partial charge on any atom is 0.196 e. The molecule has 1 aromatic heterocycles. The van der Waals surface area contributed by atoms with Gasteiger partial charge in [-0.2, -0.15) is 0 Å². The minimum absolute atomic E-state index is 0.0976. The maximum atomic E-state index is 12.7. The lowest BCUT2D eigenvalue weighted by atomic mass is 9.90. The molecule has 0 unspecified atom stereocenters. The fourth-order valence-corrected chi connectivity index (χ4v) is 4.59. The summed E-state index contributed by atoms with van der Waals surface area (Å²) >= 11 is 0. The predicted molar refractivity (Wildman–Crippen MR) is 163 cm³/mol. The SMILES string of the molecule is C=CCCCCc1c(C)oc2ccc(C3=C[CH]3)cc2c1=O.CC.CCCC(CCC)C(=O)c1ccc(F)cc1. The van der Waals surface area contributed by atoms with Crippen molar-refractivity contribution < 1.29 is 13.6 Å². The predicted octanol–water partition coefficient (Wildman–Crippen LogP) is 9.85. The number of unbranched alkanes of at least 4 members (excludes halogenated alkanes) is 2. The first-order chi connectivity index (χ1) is 18.9. The van der Waals surface area contributed by atoms with Crippen molar-refractivity contribution in [3.05, 3.63) is 106 Å². The highest BCUT2D eigenvalue weighted by molar-refractivity contribution is 5.97. The number of rotatable bonds is 12. The monoisotopic (exact) mass is 531 g/mol. The molecule has 1 aliphatic carbocycles. The van der Waals surface area contributed by atoms with E-state index < -0.39 is 0 Å². The van der Waals surface area contributed by atoms with Crippen molar-refractivity contribution in [1.82, 2.24) is 0 Å². The fraction of sp³-hybridized carbons (Fsp3) is 0.400. The van der Waals surface area contributed by atoms with Crippen LogP contribution in [0.5, 0.6) is 0 Å². The van der Waals surface area contributed by atoms with Crippen molar-refractivity contribution in [1.29, 1.82) is 0 Å². The smallest absolute Gasteiger partial charge is 0.196 e. The molecule has 0 N–H and O–H groups in total. The number of allylic oxidation sites excluding steroid dienone is 3. The van der Waals surface area contributed by atoms with E-state index in [0.29, 0.717) is 16.5 Å². The lowest BCUT2D eigenvalue weighted by Gasteiger charge is -2.13. The molecule has 3 nitrogen and oxygen atoms in total. The Morgan fingerprint density at radius 1 is 1.03 bits per heavy atom. The Bertz CT molecular complexity index is 1290.